The van der Waals surface area contributed by atoms with Crippen molar-refractivity contribution >= 4 is 23.1 Å². The first kappa shape index (κ1) is 43.5. The van der Waals surface area contributed by atoms with Crippen LogP contribution in [0.3, 0.4) is 0 Å². The van der Waals surface area contributed by atoms with Crippen molar-refractivity contribution in [3.8, 4) is 0 Å². The van der Waals surface area contributed by atoms with Crippen molar-refractivity contribution in [2.24, 2.45) is 0 Å². The van der Waals surface area contributed by atoms with Crippen LogP contribution in [0, 0.1) is 11.6 Å². The molecule has 228 valence electrons. The van der Waals surface area contributed by atoms with Crippen LogP contribution >= 0.6 is 0 Å². The van der Waals surface area contributed by atoms with E-state index >= 15 is 0 Å². The molecule has 0 aromatic heterocycles. The SMILES string of the molecule is C=CC(=C)OC(C)(C)C.CC.CC.CC.CNC.CNc1ccc(C(=O)CC(=O)Nc2ccc(F)c(F)c2)cc1. The molecule has 0 aliphatic rings. The van der Waals surface area contributed by atoms with Gasteiger partial charge in [-0.2, -0.15) is 0 Å². The van der Waals surface area contributed by atoms with Crippen LogP contribution in [0.4, 0.5) is 20.2 Å². The minimum atomic E-state index is -1.06. The molecule has 2 aromatic carbocycles. The van der Waals surface area contributed by atoms with Crippen molar-refractivity contribution in [1.29, 1.82) is 0 Å². The predicted octanol–water partition coefficient (Wildman–Crippen LogP) is 8.63. The molecule has 2 rings (SSSR count). The zero-order chi connectivity index (χ0) is 32.3. The predicted molar refractivity (Wildman–Crippen MR) is 169 cm³/mol. The van der Waals surface area contributed by atoms with E-state index < -0.39 is 17.5 Å². The van der Waals surface area contributed by atoms with Gasteiger partial charge in [-0.05, 0) is 77.3 Å². The standard InChI is InChI=1S/C16H14F2N2O2.C8H14O.C2H7N.3C2H6/c1-19-11-4-2-10(3-5-11)15(21)9-16(22)20-12-6-7-13(17)14(18)8-12;1-6-7(2)9-8(3,4)5;1-3-2;3*1-2/h2-8,19H,9H2,1H3,(H,20,22);6H,1-2H2,3-5H3;3H,1-2H3;3*1-2H3. The molecule has 6 nitrogen and oxygen atoms in total. The van der Waals surface area contributed by atoms with Crippen LogP contribution in [0.2, 0.25) is 0 Å². The summed E-state index contributed by atoms with van der Waals surface area (Å²) < 4.78 is 31.1. The Morgan fingerprint density at radius 3 is 1.65 bits per heavy atom. The molecule has 0 saturated heterocycles. The molecule has 0 atom stereocenters. The minimum Gasteiger partial charge on any atom is -0.489 e. The Morgan fingerprint density at radius 2 is 1.30 bits per heavy atom. The second-order valence-electron chi connectivity index (χ2n) is 7.99. The smallest absolute Gasteiger partial charge is 0.232 e. The number of amides is 1. The number of ether oxygens (including phenoxy) is 1. The number of Topliss-reactive ketones (excluding diaryl/α,β-unsaturated/α-hetero) is 1. The van der Waals surface area contributed by atoms with Gasteiger partial charge in [0, 0.05) is 30.1 Å². The fourth-order valence-corrected chi connectivity index (χ4v) is 2.28. The van der Waals surface area contributed by atoms with Crippen molar-refractivity contribution in [1.82, 2.24) is 5.32 Å². The minimum absolute atomic E-state index is 0.0993. The average Bonchev–Trinajstić information content (AvgIpc) is 2.94. The molecule has 0 unspecified atom stereocenters. The zero-order valence-corrected chi connectivity index (χ0v) is 26.7. The van der Waals surface area contributed by atoms with Crippen LogP contribution < -0.4 is 16.0 Å². The normalized spacial score (nSPS) is 8.85. The van der Waals surface area contributed by atoms with Crippen LogP contribution in [-0.4, -0.2) is 38.4 Å². The van der Waals surface area contributed by atoms with E-state index in [0.717, 1.165) is 17.8 Å². The molecular formula is C32H53F2N3O3. The molecule has 0 heterocycles. The van der Waals surface area contributed by atoms with Crippen LogP contribution in [0.1, 0.15) is 79.1 Å². The van der Waals surface area contributed by atoms with Crippen molar-refractivity contribution in [3.05, 3.63) is 84.7 Å². The lowest BCUT2D eigenvalue weighted by atomic mass is 10.1. The third kappa shape index (κ3) is 23.6. The molecule has 3 N–H and O–H groups in total. The number of rotatable bonds is 7. The summed E-state index contributed by atoms with van der Waals surface area (Å²) in [6.45, 7) is 25.1. The molecule has 0 aliphatic carbocycles. The van der Waals surface area contributed by atoms with E-state index in [1.54, 1.807) is 37.4 Å². The number of carbonyl (C=O) groups is 2. The van der Waals surface area contributed by atoms with E-state index in [1.807, 2.05) is 76.4 Å². The highest BCUT2D eigenvalue weighted by Gasteiger charge is 2.13. The van der Waals surface area contributed by atoms with Crippen LogP contribution in [-0.2, 0) is 9.53 Å². The molecule has 0 saturated carbocycles. The van der Waals surface area contributed by atoms with Crippen LogP contribution in [0.15, 0.2) is 67.5 Å². The number of anilines is 2. The number of allylic oxidation sites excluding steroid dienone is 1. The highest BCUT2D eigenvalue weighted by molar-refractivity contribution is 6.11. The van der Waals surface area contributed by atoms with Gasteiger partial charge in [-0.25, -0.2) is 8.78 Å². The van der Waals surface area contributed by atoms with Gasteiger partial charge in [0.25, 0.3) is 0 Å². The van der Waals surface area contributed by atoms with Crippen LogP contribution in [0.5, 0.6) is 0 Å². The number of nitrogens with one attached hydrogen (secondary N) is 3. The fraction of sp³-hybridized carbons (Fsp3) is 0.438. The number of benzene rings is 2. The molecule has 0 radical (unpaired) electrons. The average molecular weight is 566 g/mol. The summed E-state index contributed by atoms with van der Waals surface area (Å²) in [5, 5.41) is 8.02. The summed E-state index contributed by atoms with van der Waals surface area (Å²) in [5.41, 5.74) is 1.20. The van der Waals surface area contributed by atoms with Gasteiger partial charge in [-0.1, -0.05) is 54.7 Å². The third-order valence-electron chi connectivity index (χ3n) is 3.68. The van der Waals surface area contributed by atoms with Crippen LogP contribution in [0.25, 0.3) is 0 Å². The second-order valence-corrected chi connectivity index (χ2v) is 7.99. The van der Waals surface area contributed by atoms with Gasteiger partial charge in [0.05, 0.1) is 6.42 Å². The highest BCUT2D eigenvalue weighted by atomic mass is 19.2. The fourth-order valence-electron chi connectivity index (χ4n) is 2.28. The number of ketones is 1. The molecule has 0 spiro atoms. The lowest BCUT2D eigenvalue weighted by molar-refractivity contribution is -0.115. The Hall–Kier alpha value is -3.52. The molecule has 1 amide bonds. The molecular weight excluding hydrogens is 512 g/mol. The van der Waals surface area contributed by atoms with Gasteiger partial charge in [0.2, 0.25) is 5.91 Å². The first-order valence-electron chi connectivity index (χ1n) is 13.5. The summed E-state index contributed by atoms with van der Waals surface area (Å²) in [5.74, 6) is -2.38. The van der Waals surface area contributed by atoms with E-state index in [4.69, 9.17) is 4.74 Å². The first-order valence-corrected chi connectivity index (χ1v) is 13.5. The molecule has 0 aliphatic heterocycles. The Bertz CT molecular complexity index is 955. The zero-order valence-electron chi connectivity index (χ0n) is 26.7. The number of halogens is 2. The Morgan fingerprint density at radius 1 is 0.850 bits per heavy atom. The quantitative estimate of drug-likeness (QED) is 0.136. The summed E-state index contributed by atoms with van der Waals surface area (Å²) in [6, 6.07) is 9.66. The lowest BCUT2D eigenvalue weighted by Gasteiger charge is -2.20. The van der Waals surface area contributed by atoms with Crippen molar-refractivity contribution in [3.63, 3.8) is 0 Å². The maximum Gasteiger partial charge on any atom is 0.232 e. The van der Waals surface area contributed by atoms with Gasteiger partial charge < -0.3 is 20.7 Å². The number of hydrogen-bond acceptors (Lipinski definition) is 5. The Balaban J connectivity index is -0.000000300. The third-order valence-corrected chi connectivity index (χ3v) is 3.68. The van der Waals surface area contributed by atoms with Gasteiger partial charge in [-0.3, -0.25) is 9.59 Å². The van der Waals surface area contributed by atoms with E-state index in [1.165, 1.54) is 6.07 Å². The van der Waals surface area contributed by atoms with Gasteiger partial charge >= 0.3 is 0 Å². The maximum absolute atomic E-state index is 13.0. The van der Waals surface area contributed by atoms with Gasteiger partial charge in [0.15, 0.2) is 17.4 Å². The van der Waals surface area contributed by atoms with Crippen molar-refractivity contribution in [2.45, 2.75) is 74.3 Å². The van der Waals surface area contributed by atoms with E-state index in [9.17, 15) is 18.4 Å². The summed E-state index contributed by atoms with van der Waals surface area (Å²) in [4.78, 5) is 23.7. The highest BCUT2D eigenvalue weighted by Crippen LogP contribution is 2.15. The Kier molecular flexibility index (Phi) is 29.5. The van der Waals surface area contributed by atoms with E-state index in [-0.39, 0.29) is 23.5 Å². The second kappa shape index (κ2) is 27.1. The molecule has 2 aromatic rings. The topological polar surface area (TPSA) is 79.5 Å². The summed E-state index contributed by atoms with van der Waals surface area (Å²) >= 11 is 0. The van der Waals surface area contributed by atoms with Gasteiger partial charge in [0.1, 0.15) is 11.4 Å². The van der Waals surface area contributed by atoms with Gasteiger partial charge in [-0.15, -0.1) is 0 Å². The largest absolute Gasteiger partial charge is 0.489 e. The molecule has 0 fully saturated rings. The summed E-state index contributed by atoms with van der Waals surface area (Å²) in [7, 11) is 5.51. The summed E-state index contributed by atoms with van der Waals surface area (Å²) in [6.07, 6.45) is 1.23. The first-order chi connectivity index (χ1) is 18.9. The molecule has 0 bridgehead atoms. The number of hydrogen-bond donors (Lipinski definition) is 3. The van der Waals surface area contributed by atoms with Crippen molar-refractivity contribution in [2.75, 3.05) is 31.8 Å². The van der Waals surface area contributed by atoms with E-state index in [0.29, 0.717) is 11.3 Å². The molecule has 8 heteroatoms. The lowest BCUT2D eigenvalue weighted by Crippen LogP contribution is -2.17. The van der Waals surface area contributed by atoms with E-state index in [2.05, 4.69) is 29.1 Å². The monoisotopic (exact) mass is 565 g/mol. The Labute approximate surface area is 242 Å². The maximum atomic E-state index is 13.0. The number of carbonyl (C=O) groups excluding carboxylic acids is 2. The van der Waals surface area contributed by atoms with Crippen molar-refractivity contribution < 1.29 is 23.1 Å². The molecule has 40 heavy (non-hydrogen) atoms.